The summed E-state index contributed by atoms with van der Waals surface area (Å²) in [5.74, 6) is 0.290. The molecule has 0 radical (unpaired) electrons. The van der Waals surface area contributed by atoms with Gasteiger partial charge in [0.05, 0.1) is 6.26 Å². The molecule has 3 nitrogen and oxygen atoms in total. The van der Waals surface area contributed by atoms with Crippen molar-refractivity contribution in [3.05, 3.63) is 53.2 Å². The van der Waals surface area contributed by atoms with Gasteiger partial charge in [-0.3, -0.25) is 4.98 Å². The third-order valence-electron chi connectivity index (χ3n) is 3.02. The Balaban J connectivity index is 2.28. The maximum atomic E-state index is 6.03. The first-order chi connectivity index (χ1) is 8.24. The molecule has 1 N–H and O–H groups in total. The number of likely N-dealkylation sites (N-methyl/N-ethyl adjacent to an activating group) is 1. The van der Waals surface area contributed by atoms with E-state index in [0.717, 1.165) is 5.56 Å². The standard InChI is InChI=1S/C13H15ClN2O/c1-9(10-3-6-16-7-4-10)12(15-2)11-5-8-17-13(11)14/h3-9,12,15H,1-2H3. The fourth-order valence-electron chi connectivity index (χ4n) is 2.06. The highest BCUT2D eigenvalue weighted by Crippen LogP contribution is 2.34. The van der Waals surface area contributed by atoms with Gasteiger partial charge in [-0.1, -0.05) is 6.92 Å². The quantitative estimate of drug-likeness (QED) is 0.904. The van der Waals surface area contributed by atoms with E-state index >= 15 is 0 Å². The van der Waals surface area contributed by atoms with E-state index in [2.05, 4.69) is 17.2 Å². The highest BCUT2D eigenvalue weighted by Gasteiger charge is 2.22. The molecule has 90 valence electrons. The van der Waals surface area contributed by atoms with Gasteiger partial charge >= 0.3 is 0 Å². The van der Waals surface area contributed by atoms with Crippen LogP contribution in [0.5, 0.6) is 0 Å². The number of aromatic nitrogens is 1. The molecule has 0 aromatic carbocycles. The lowest BCUT2D eigenvalue weighted by atomic mass is 9.90. The Morgan fingerprint density at radius 1 is 1.29 bits per heavy atom. The number of nitrogens with one attached hydrogen (secondary N) is 1. The highest BCUT2D eigenvalue weighted by molar-refractivity contribution is 6.29. The Labute approximate surface area is 106 Å². The highest BCUT2D eigenvalue weighted by atomic mass is 35.5. The zero-order valence-electron chi connectivity index (χ0n) is 9.85. The Kier molecular flexibility index (Phi) is 3.82. The van der Waals surface area contributed by atoms with E-state index in [1.807, 2.05) is 25.2 Å². The molecule has 0 aliphatic heterocycles. The number of rotatable bonds is 4. The van der Waals surface area contributed by atoms with E-state index < -0.39 is 0 Å². The van der Waals surface area contributed by atoms with Crippen molar-refractivity contribution in [1.82, 2.24) is 10.3 Å². The minimum Gasteiger partial charge on any atom is -0.453 e. The molecule has 0 spiro atoms. The van der Waals surface area contributed by atoms with Crippen molar-refractivity contribution in [3.63, 3.8) is 0 Å². The van der Waals surface area contributed by atoms with Crippen molar-refractivity contribution < 1.29 is 4.42 Å². The number of nitrogens with zero attached hydrogens (tertiary/aromatic N) is 1. The van der Waals surface area contributed by atoms with Crippen molar-refractivity contribution in [2.24, 2.45) is 0 Å². The van der Waals surface area contributed by atoms with Crippen LogP contribution in [0, 0.1) is 0 Å². The van der Waals surface area contributed by atoms with Gasteiger partial charge in [0, 0.05) is 29.9 Å². The molecule has 2 atom stereocenters. The number of furan rings is 1. The first-order valence-corrected chi connectivity index (χ1v) is 5.92. The van der Waals surface area contributed by atoms with Gasteiger partial charge in [-0.05, 0) is 42.4 Å². The molecule has 0 saturated carbocycles. The minimum atomic E-state index is 0.128. The van der Waals surface area contributed by atoms with Crippen LogP contribution >= 0.6 is 11.6 Å². The number of hydrogen-bond acceptors (Lipinski definition) is 3. The first kappa shape index (κ1) is 12.1. The lowest BCUT2D eigenvalue weighted by Crippen LogP contribution is -2.22. The van der Waals surface area contributed by atoms with Gasteiger partial charge in [0.15, 0.2) is 5.22 Å². The van der Waals surface area contributed by atoms with Crippen molar-refractivity contribution in [3.8, 4) is 0 Å². The summed E-state index contributed by atoms with van der Waals surface area (Å²) in [5.41, 5.74) is 2.20. The van der Waals surface area contributed by atoms with E-state index in [4.69, 9.17) is 16.0 Å². The second-order valence-electron chi connectivity index (χ2n) is 3.99. The lowest BCUT2D eigenvalue weighted by Gasteiger charge is -2.23. The Bertz CT molecular complexity index is 469. The molecule has 2 aromatic rings. The molecule has 0 aliphatic rings. The zero-order valence-corrected chi connectivity index (χ0v) is 10.6. The Morgan fingerprint density at radius 3 is 2.53 bits per heavy atom. The van der Waals surface area contributed by atoms with Gasteiger partial charge in [-0.2, -0.15) is 0 Å². The molecule has 0 bridgehead atoms. The fraction of sp³-hybridized carbons (Fsp3) is 0.308. The summed E-state index contributed by atoms with van der Waals surface area (Å²) in [6.07, 6.45) is 5.21. The van der Waals surface area contributed by atoms with Crippen LogP contribution in [-0.4, -0.2) is 12.0 Å². The Hall–Kier alpha value is -1.32. The molecule has 0 aliphatic carbocycles. The third-order valence-corrected chi connectivity index (χ3v) is 3.33. The molecule has 2 aromatic heterocycles. The number of hydrogen-bond donors (Lipinski definition) is 1. The van der Waals surface area contributed by atoms with Crippen LogP contribution in [0.1, 0.15) is 30.0 Å². The normalized spacial score (nSPS) is 14.5. The van der Waals surface area contributed by atoms with Crippen LogP contribution in [0.25, 0.3) is 0 Å². The number of pyridine rings is 1. The van der Waals surface area contributed by atoms with Crippen LogP contribution < -0.4 is 5.32 Å². The van der Waals surface area contributed by atoms with Crippen LogP contribution in [0.2, 0.25) is 5.22 Å². The lowest BCUT2D eigenvalue weighted by molar-refractivity contribution is 0.495. The van der Waals surface area contributed by atoms with E-state index in [1.165, 1.54) is 5.56 Å². The van der Waals surface area contributed by atoms with Crippen LogP contribution in [-0.2, 0) is 0 Å². The van der Waals surface area contributed by atoms with Gasteiger partial charge in [0.25, 0.3) is 0 Å². The van der Waals surface area contributed by atoms with E-state index in [0.29, 0.717) is 5.22 Å². The van der Waals surface area contributed by atoms with Gasteiger partial charge in [-0.15, -0.1) is 0 Å². The van der Waals surface area contributed by atoms with Crippen LogP contribution in [0.4, 0.5) is 0 Å². The largest absolute Gasteiger partial charge is 0.453 e. The molecule has 4 heteroatoms. The molecule has 2 heterocycles. The monoisotopic (exact) mass is 250 g/mol. The van der Waals surface area contributed by atoms with E-state index in [9.17, 15) is 0 Å². The van der Waals surface area contributed by atoms with Crippen molar-refractivity contribution in [2.45, 2.75) is 18.9 Å². The average molecular weight is 251 g/mol. The van der Waals surface area contributed by atoms with Gasteiger partial charge in [0.1, 0.15) is 0 Å². The predicted octanol–water partition coefficient (Wildman–Crippen LogP) is 3.39. The molecule has 17 heavy (non-hydrogen) atoms. The summed E-state index contributed by atoms with van der Waals surface area (Å²) in [6, 6.07) is 6.07. The summed E-state index contributed by atoms with van der Waals surface area (Å²) in [6.45, 7) is 2.15. The molecule has 2 rings (SSSR count). The third kappa shape index (κ3) is 2.51. The maximum Gasteiger partial charge on any atom is 0.197 e. The molecule has 2 unspecified atom stereocenters. The van der Waals surface area contributed by atoms with Gasteiger partial charge in [-0.25, -0.2) is 0 Å². The second kappa shape index (κ2) is 5.34. The molecular weight excluding hydrogens is 236 g/mol. The van der Waals surface area contributed by atoms with Crippen molar-refractivity contribution >= 4 is 11.6 Å². The van der Waals surface area contributed by atoms with E-state index in [1.54, 1.807) is 18.7 Å². The number of halogens is 1. The summed E-state index contributed by atoms with van der Waals surface area (Å²) in [7, 11) is 1.92. The van der Waals surface area contributed by atoms with Crippen LogP contribution in [0.15, 0.2) is 41.3 Å². The Morgan fingerprint density at radius 2 is 2.00 bits per heavy atom. The minimum absolute atomic E-state index is 0.128. The summed E-state index contributed by atoms with van der Waals surface area (Å²) in [4.78, 5) is 4.03. The smallest absolute Gasteiger partial charge is 0.197 e. The van der Waals surface area contributed by atoms with Gasteiger partial charge < -0.3 is 9.73 Å². The average Bonchev–Trinajstić information content (AvgIpc) is 2.78. The zero-order chi connectivity index (χ0) is 12.3. The predicted molar refractivity (Wildman–Crippen MR) is 68.2 cm³/mol. The maximum absolute atomic E-state index is 6.03. The van der Waals surface area contributed by atoms with Crippen molar-refractivity contribution in [1.29, 1.82) is 0 Å². The molecule has 0 saturated heterocycles. The molecular formula is C13H15ClN2O. The fourth-order valence-corrected chi connectivity index (χ4v) is 2.29. The van der Waals surface area contributed by atoms with Crippen molar-refractivity contribution in [2.75, 3.05) is 7.05 Å². The first-order valence-electron chi connectivity index (χ1n) is 5.54. The SMILES string of the molecule is CNC(c1ccoc1Cl)C(C)c1ccncc1. The van der Waals surface area contributed by atoms with E-state index in [-0.39, 0.29) is 12.0 Å². The molecule has 0 fully saturated rings. The van der Waals surface area contributed by atoms with Crippen LogP contribution in [0.3, 0.4) is 0 Å². The second-order valence-corrected chi connectivity index (χ2v) is 4.33. The summed E-state index contributed by atoms with van der Waals surface area (Å²) in [5, 5.41) is 3.73. The summed E-state index contributed by atoms with van der Waals surface area (Å²) < 4.78 is 5.15. The van der Waals surface area contributed by atoms with Gasteiger partial charge in [0.2, 0.25) is 0 Å². The summed E-state index contributed by atoms with van der Waals surface area (Å²) >= 11 is 6.03. The topological polar surface area (TPSA) is 38.1 Å². The molecule has 0 amide bonds.